The van der Waals surface area contributed by atoms with E-state index in [0.717, 1.165) is 18.9 Å². The van der Waals surface area contributed by atoms with Gasteiger partial charge >= 0.3 is 0 Å². The zero-order valence-corrected chi connectivity index (χ0v) is 16.2. The van der Waals surface area contributed by atoms with Gasteiger partial charge in [0.1, 0.15) is 18.9 Å². The van der Waals surface area contributed by atoms with Crippen molar-refractivity contribution in [2.24, 2.45) is 0 Å². The minimum atomic E-state index is 0. The van der Waals surface area contributed by atoms with E-state index >= 15 is 0 Å². The Morgan fingerprint density at radius 3 is 2.10 bits per heavy atom. The number of likely N-dealkylation sites (N-methyl/N-ethyl adjacent to an activating group) is 1. The molecule has 0 amide bonds. The van der Waals surface area contributed by atoms with E-state index in [1.807, 2.05) is 0 Å². The van der Waals surface area contributed by atoms with Crippen LogP contribution in [0.5, 0.6) is 5.75 Å². The van der Waals surface area contributed by atoms with Gasteiger partial charge in [0.15, 0.2) is 0 Å². The van der Waals surface area contributed by atoms with Crippen LogP contribution in [0, 0.1) is 13.8 Å². The fraction of sp³-hybridized carbons (Fsp3) is 0.647. The van der Waals surface area contributed by atoms with Gasteiger partial charge in [-0.25, -0.2) is 0 Å². The van der Waals surface area contributed by atoms with E-state index in [0.29, 0.717) is 0 Å². The smallest absolute Gasteiger partial charge is 0.137 e. The summed E-state index contributed by atoms with van der Waals surface area (Å²) in [6.07, 6.45) is 5.57. The minimum Gasteiger partial charge on any atom is -0.487 e. The van der Waals surface area contributed by atoms with E-state index in [2.05, 4.69) is 39.1 Å². The van der Waals surface area contributed by atoms with Crippen LogP contribution in [0.4, 0.5) is 0 Å². The molecule has 20 heavy (non-hydrogen) atoms. The zero-order chi connectivity index (χ0) is 13.7. The van der Waals surface area contributed by atoms with Gasteiger partial charge in [-0.15, -0.1) is 0 Å². The van der Waals surface area contributed by atoms with Crippen molar-refractivity contribution in [3.05, 3.63) is 29.3 Å². The molecule has 0 aliphatic carbocycles. The topological polar surface area (TPSA) is 9.23 Å². The van der Waals surface area contributed by atoms with Crippen LogP contribution >= 0.6 is 0 Å². The standard InChI is InChI=1S/C17H28NO.Y/c1-15-9-8-10-16(2)17(15)19-14-13-18(3)11-6-4-5-7-12-18;/h8-10H,4-7,11-14H2,1-3H3;/q+1;. The largest absolute Gasteiger partial charge is 0.487 e. The van der Waals surface area contributed by atoms with Crippen molar-refractivity contribution in [1.29, 1.82) is 0 Å². The molecule has 0 aromatic heterocycles. The van der Waals surface area contributed by atoms with Crippen LogP contribution in [0.25, 0.3) is 0 Å². The minimum absolute atomic E-state index is 0. The molecule has 1 saturated heterocycles. The molecule has 0 bridgehead atoms. The fourth-order valence-electron chi connectivity index (χ4n) is 3.07. The quantitative estimate of drug-likeness (QED) is 0.752. The van der Waals surface area contributed by atoms with Crippen molar-refractivity contribution in [1.82, 2.24) is 0 Å². The second-order valence-corrected chi connectivity index (χ2v) is 6.27. The molecule has 1 aliphatic heterocycles. The van der Waals surface area contributed by atoms with Gasteiger partial charge in [0.2, 0.25) is 0 Å². The average Bonchev–Trinajstić information content (AvgIpc) is 2.58. The summed E-state index contributed by atoms with van der Waals surface area (Å²) in [4.78, 5) is 0. The Morgan fingerprint density at radius 2 is 1.55 bits per heavy atom. The maximum atomic E-state index is 6.06. The third-order valence-corrected chi connectivity index (χ3v) is 4.43. The first-order valence-corrected chi connectivity index (χ1v) is 7.63. The van der Waals surface area contributed by atoms with E-state index < -0.39 is 0 Å². The number of benzene rings is 1. The predicted octanol–water partition coefficient (Wildman–Crippen LogP) is 3.70. The van der Waals surface area contributed by atoms with E-state index in [4.69, 9.17) is 4.74 Å². The van der Waals surface area contributed by atoms with E-state index in [1.165, 1.54) is 54.4 Å². The zero-order valence-electron chi connectivity index (χ0n) is 13.3. The predicted molar refractivity (Wildman–Crippen MR) is 80.7 cm³/mol. The number of aryl methyl sites for hydroxylation is 2. The van der Waals surface area contributed by atoms with E-state index in [9.17, 15) is 0 Å². The number of hydrogen-bond donors (Lipinski definition) is 0. The number of quaternary nitrogens is 1. The summed E-state index contributed by atoms with van der Waals surface area (Å²) in [6, 6.07) is 6.36. The first kappa shape index (κ1) is 18.1. The monoisotopic (exact) mass is 351 g/mol. The summed E-state index contributed by atoms with van der Waals surface area (Å²) in [5.41, 5.74) is 2.50. The molecular weight excluding hydrogens is 323 g/mol. The van der Waals surface area contributed by atoms with Crippen molar-refractivity contribution in [3.8, 4) is 5.75 Å². The molecule has 0 atom stereocenters. The van der Waals surface area contributed by atoms with Gasteiger partial charge in [0.25, 0.3) is 0 Å². The van der Waals surface area contributed by atoms with Crippen LogP contribution in [0.3, 0.4) is 0 Å². The molecule has 1 radical (unpaired) electrons. The van der Waals surface area contributed by atoms with Gasteiger partial charge in [0, 0.05) is 32.7 Å². The molecule has 2 rings (SSSR count). The molecule has 0 spiro atoms. The Balaban J connectivity index is 0.00000200. The van der Waals surface area contributed by atoms with Gasteiger partial charge < -0.3 is 9.22 Å². The summed E-state index contributed by atoms with van der Waals surface area (Å²) < 4.78 is 7.25. The fourth-order valence-corrected chi connectivity index (χ4v) is 3.07. The molecule has 1 fully saturated rings. The number of likely N-dealkylation sites (tertiary alicyclic amines) is 1. The molecule has 1 aliphatic rings. The Labute approximate surface area is 149 Å². The molecule has 3 heteroatoms. The molecule has 0 saturated carbocycles. The summed E-state index contributed by atoms with van der Waals surface area (Å²) in [7, 11) is 2.39. The molecule has 0 N–H and O–H groups in total. The maximum absolute atomic E-state index is 6.06. The molecule has 2 nitrogen and oxygen atoms in total. The van der Waals surface area contributed by atoms with Crippen LogP contribution in [-0.2, 0) is 32.7 Å². The van der Waals surface area contributed by atoms with Crippen molar-refractivity contribution < 1.29 is 41.9 Å². The number of hydrogen-bond acceptors (Lipinski definition) is 1. The third kappa shape index (κ3) is 5.13. The third-order valence-electron chi connectivity index (χ3n) is 4.43. The molecule has 1 heterocycles. The average molecular weight is 351 g/mol. The van der Waals surface area contributed by atoms with Gasteiger partial charge in [-0.2, -0.15) is 0 Å². The molecule has 1 aromatic rings. The summed E-state index contributed by atoms with van der Waals surface area (Å²) >= 11 is 0. The van der Waals surface area contributed by atoms with Crippen molar-refractivity contribution >= 4 is 0 Å². The van der Waals surface area contributed by atoms with Gasteiger partial charge in [-0.1, -0.05) is 18.2 Å². The van der Waals surface area contributed by atoms with Crippen LogP contribution < -0.4 is 4.74 Å². The van der Waals surface area contributed by atoms with Crippen molar-refractivity contribution in [2.75, 3.05) is 33.3 Å². The molecular formula is C17H28NOY+. The molecule has 1 aromatic carbocycles. The first-order valence-electron chi connectivity index (χ1n) is 7.63. The number of nitrogens with zero attached hydrogens (tertiary/aromatic N) is 1. The second-order valence-electron chi connectivity index (χ2n) is 6.27. The second kappa shape index (κ2) is 8.51. The number of ether oxygens (including phenoxy) is 1. The Kier molecular flexibility index (Phi) is 7.71. The molecule has 0 unspecified atom stereocenters. The van der Waals surface area contributed by atoms with Gasteiger partial charge in [0.05, 0.1) is 20.1 Å². The van der Waals surface area contributed by atoms with Gasteiger partial charge in [-0.05, 0) is 50.7 Å². The summed E-state index contributed by atoms with van der Waals surface area (Å²) in [6.45, 7) is 8.86. The number of rotatable bonds is 4. The maximum Gasteiger partial charge on any atom is 0.137 e. The van der Waals surface area contributed by atoms with Crippen LogP contribution in [0.2, 0.25) is 0 Å². The summed E-state index contributed by atoms with van der Waals surface area (Å²) in [5, 5.41) is 0. The molecule has 109 valence electrons. The normalized spacial score (nSPS) is 17.9. The van der Waals surface area contributed by atoms with Crippen molar-refractivity contribution in [2.45, 2.75) is 39.5 Å². The van der Waals surface area contributed by atoms with Crippen LogP contribution in [0.1, 0.15) is 36.8 Å². The Morgan fingerprint density at radius 1 is 1.00 bits per heavy atom. The van der Waals surface area contributed by atoms with Crippen LogP contribution in [0.15, 0.2) is 18.2 Å². The Bertz CT molecular complexity index is 391. The first-order chi connectivity index (χ1) is 9.11. The SMILES string of the molecule is Cc1cccc(C)c1OCC[N+]1(C)CCCCCC1.[Y]. The van der Waals surface area contributed by atoms with Crippen molar-refractivity contribution in [3.63, 3.8) is 0 Å². The Hall–Kier alpha value is 0.0839. The summed E-state index contributed by atoms with van der Waals surface area (Å²) in [5.74, 6) is 1.09. The van der Waals surface area contributed by atoms with Crippen LogP contribution in [-0.4, -0.2) is 37.8 Å². The van der Waals surface area contributed by atoms with E-state index in [-0.39, 0.29) is 32.7 Å². The van der Waals surface area contributed by atoms with E-state index in [1.54, 1.807) is 0 Å². The van der Waals surface area contributed by atoms with Gasteiger partial charge in [-0.3, -0.25) is 0 Å². The number of para-hydroxylation sites is 1.